The molecule has 4 rings (SSSR count). The molecule has 27 heavy (non-hydrogen) atoms. The third-order valence-electron chi connectivity index (χ3n) is 4.38. The molecule has 0 unspecified atom stereocenters. The Morgan fingerprint density at radius 2 is 1.52 bits per heavy atom. The van der Waals surface area contributed by atoms with Crippen LogP contribution in [0, 0.1) is 5.82 Å². The van der Waals surface area contributed by atoms with E-state index < -0.39 is 0 Å². The zero-order chi connectivity index (χ0) is 18.5. The maximum Gasteiger partial charge on any atom is 0.226 e. The van der Waals surface area contributed by atoms with Crippen LogP contribution in [-0.2, 0) is 6.54 Å². The van der Waals surface area contributed by atoms with Crippen LogP contribution in [0.1, 0.15) is 22.9 Å². The van der Waals surface area contributed by atoms with Gasteiger partial charge >= 0.3 is 0 Å². The highest BCUT2D eigenvalue weighted by Gasteiger charge is 2.14. The summed E-state index contributed by atoms with van der Waals surface area (Å²) in [6, 6.07) is 26.8. The summed E-state index contributed by atoms with van der Waals surface area (Å²) in [6.45, 7) is 0.535. The zero-order valence-electron chi connectivity index (χ0n) is 14.7. The predicted octanol–water partition coefficient (Wildman–Crippen LogP) is 5.36. The van der Waals surface area contributed by atoms with Gasteiger partial charge in [-0.2, -0.15) is 0 Å². The molecular formula is C23H19FN2O. The Balaban J connectivity index is 1.53. The van der Waals surface area contributed by atoms with E-state index >= 15 is 0 Å². The number of hydrogen-bond acceptors (Lipinski definition) is 3. The van der Waals surface area contributed by atoms with Crippen LogP contribution >= 0.6 is 0 Å². The molecule has 1 heterocycles. The van der Waals surface area contributed by atoms with Crippen LogP contribution in [-0.4, -0.2) is 4.98 Å². The van der Waals surface area contributed by atoms with E-state index in [4.69, 9.17) is 4.42 Å². The van der Waals surface area contributed by atoms with Crippen LogP contribution in [0.2, 0.25) is 0 Å². The summed E-state index contributed by atoms with van der Waals surface area (Å²) in [5, 5.41) is 3.55. The summed E-state index contributed by atoms with van der Waals surface area (Å²) in [6.07, 6.45) is 1.61. The maximum atomic E-state index is 13.4. The van der Waals surface area contributed by atoms with Crippen molar-refractivity contribution in [1.29, 1.82) is 0 Å². The van der Waals surface area contributed by atoms with E-state index in [1.165, 1.54) is 23.3 Å². The van der Waals surface area contributed by atoms with Crippen LogP contribution in [0.3, 0.4) is 0 Å². The quantitative estimate of drug-likeness (QED) is 0.504. The largest absolute Gasteiger partial charge is 0.444 e. The van der Waals surface area contributed by atoms with E-state index in [9.17, 15) is 4.39 Å². The molecule has 4 aromatic rings. The second kappa shape index (κ2) is 7.98. The number of benzene rings is 3. The molecule has 3 aromatic carbocycles. The van der Waals surface area contributed by atoms with E-state index in [0.717, 1.165) is 5.69 Å². The SMILES string of the molecule is Fc1cccc(-c2nc(CNC(c3ccccc3)c3ccccc3)co2)c1. The lowest BCUT2D eigenvalue weighted by Crippen LogP contribution is -2.22. The highest BCUT2D eigenvalue weighted by atomic mass is 19.1. The number of oxazole rings is 1. The summed E-state index contributed by atoms with van der Waals surface area (Å²) in [4.78, 5) is 4.49. The van der Waals surface area contributed by atoms with Crippen LogP contribution in [0.5, 0.6) is 0 Å². The minimum absolute atomic E-state index is 0.0433. The Morgan fingerprint density at radius 1 is 0.852 bits per heavy atom. The van der Waals surface area contributed by atoms with Crippen LogP contribution in [0.15, 0.2) is 95.6 Å². The van der Waals surface area contributed by atoms with Crippen molar-refractivity contribution in [1.82, 2.24) is 10.3 Å². The van der Waals surface area contributed by atoms with Crippen molar-refractivity contribution >= 4 is 0 Å². The molecule has 1 aromatic heterocycles. The molecule has 0 fully saturated rings. The van der Waals surface area contributed by atoms with Gasteiger partial charge in [-0.15, -0.1) is 0 Å². The number of nitrogens with one attached hydrogen (secondary N) is 1. The monoisotopic (exact) mass is 358 g/mol. The first-order valence-corrected chi connectivity index (χ1v) is 8.83. The number of hydrogen-bond donors (Lipinski definition) is 1. The molecule has 0 atom stereocenters. The lowest BCUT2D eigenvalue weighted by molar-refractivity contribution is 0.562. The Bertz CT molecular complexity index is 960. The minimum atomic E-state index is -0.307. The van der Waals surface area contributed by atoms with E-state index in [0.29, 0.717) is 18.0 Å². The van der Waals surface area contributed by atoms with Gasteiger partial charge in [0.2, 0.25) is 5.89 Å². The Labute approximate surface area is 157 Å². The fourth-order valence-electron chi connectivity index (χ4n) is 3.07. The molecule has 1 N–H and O–H groups in total. The van der Waals surface area contributed by atoms with Crippen LogP contribution in [0.25, 0.3) is 11.5 Å². The summed E-state index contributed by atoms with van der Waals surface area (Å²) in [7, 11) is 0. The third-order valence-corrected chi connectivity index (χ3v) is 4.38. The Hall–Kier alpha value is -3.24. The van der Waals surface area contributed by atoms with Crippen molar-refractivity contribution < 1.29 is 8.81 Å². The van der Waals surface area contributed by atoms with E-state index in [2.05, 4.69) is 34.6 Å². The van der Waals surface area contributed by atoms with Gasteiger partial charge in [0, 0.05) is 12.1 Å². The van der Waals surface area contributed by atoms with Gasteiger partial charge in [0.05, 0.1) is 11.7 Å². The molecule has 0 aliphatic heterocycles. The normalized spacial score (nSPS) is 11.0. The first-order valence-electron chi connectivity index (χ1n) is 8.83. The fraction of sp³-hybridized carbons (Fsp3) is 0.0870. The zero-order valence-corrected chi connectivity index (χ0v) is 14.7. The van der Waals surface area contributed by atoms with Crippen molar-refractivity contribution in [3.05, 3.63) is 114 Å². The minimum Gasteiger partial charge on any atom is -0.444 e. The maximum absolute atomic E-state index is 13.4. The van der Waals surface area contributed by atoms with Gasteiger partial charge in [-0.25, -0.2) is 9.37 Å². The van der Waals surface area contributed by atoms with Gasteiger partial charge in [-0.05, 0) is 29.3 Å². The molecule has 0 saturated carbocycles. The lowest BCUT2D eigenvalue weighted by Gasteiger charge is -2.19. The summed E-state index contributed by atoms with van der Waals surface area (Å²) in [5.41, 5.74) is 3.75. The first kappa shape index (κ1) is 17.2. The second-order valence-electron chi connectivity index (χ2n) is 6.29. The highest BCUT2D eigenvalue weighted by Crippen LogP contribution is 2.23. The topological polar surface area (TPSA) is 38.1 Å². The standard InChI is InChI=1S/C23H19FN2O/c24-20-13-7-12-19(14-20)23-26-21(16-27-23)15-25-22(17-8-3-1-4-9-17)18-10-5-2-6-11-18/h1-14,16,22,25H,15H2. The lowest BCUT2D eigenvalue weighted by atomic mass is 9.99. The van der Waals surface area contributed by atoms with Gasteiger partial charge in [0.15, 0.2) is 0 Å². The predicted molar refractivity (Wildman–Crippen MR) is 103 cm³/mol. The van der Waals surface area contributed by atoms with Crippen molar-refractivity contribution in [3.63, 3.8) is 0 Å². The van der Waals surface area contributed by atoms with E-state index in [1.807, 2.05) is 36.4 Å². The molecular weight excluding hydrogens is 339 g/mol. The molecule has 0 spiro atoms. The Morgan fingerprint density at radius 3 is 2.15 bits per heavy atom. The van der Waals surface area contributed by atoms with Crippen molar-refractivity contribution in [3.8, 4) is 11.5 Å². The molecule has 4 heteroatoms. The molecule has 0 saturated heterocycles. The van der Waals surface area contributed by atoms with Gasteiger partial charge < -0.3 is 9.73 Å². The van der Waals surface area contributed by atoms with Gasteiger partial charge in [-0.3, -0.25) is 0 Å². The molecule has 0 amide bonds. The third kappa shape index (κ3) is 4.13. The van der Waals surface area contributed by atoms with E-state index in [1.54, 1.807) is 18.4 Å². The number of aromatic nitrogens is 1. The van der Waals surface area contributed by atoms with E-state index in [-0.39, 0.29) is 11.9 Å². The summed E-state index contributed by atoms with van der Waals surface area (Å²) < 4.78 is 18.9. The van der Waals surface area contributed by atoms with Crippen molar-refractivity contribution in [2.24, 2.45) is 0 Å². The number of nitrogens with zero attached hydrogens (tertiary/aromatic N) is 1. The van der Waals surface area contributed by atoms with Crippen molar-refractivity contribution in [2.75, 3.05) is 0 Å². The number of rotatable bonds is 6. The number of halogens is 1. The van der Waals surface area contributed by atoms with Crippen molar-refractivity contribution in [2.45, 2.75) is 12.6 Å². The average Bonchev–Trinajstić information content (AvgIpc) is 3.19. The van der Waals surface area contributed by atoms with Gasteiger partial charge in [0.1, 0.15) is 12.1 Å². The molecule has 0 aliphatic rings. The second-order valence-corrected chi connectivity index (χ2v) is 6.29. The van der Waals surface area contributed by atoms with Gasteiger partial charge in [0.25, 0.3) is 0 Å². The molecule has 0 bridgehead atoms. The average molecular weight is 358 g/mol. The summed E-state index contributed by atoms with van der Waals surface area (Å²) >= 11 is 0. The molecule has 134 valence electrons. The molecule has 3 nitrogen and oxygen atoms in total. The van der Waals surface area contributed by atoms with Crippen LogP contribution < -0.4 is 5.32 Å². The molecule has 0 radical (unpaired) electrons. The summed E-state index contributed by atoms with van der Waals surface area (Å²) in [5.74, 6) is 0.112. The highest BCUT2D eigenvalue weighted by molar-refractivity contribution is 5.52. The Kier molecular flexibility index (Phi) is 5.08. The van der Waals surface area contributed by atoms with Crippen LogP contribution in [0.4, 0.5) is 4.39 Å². The smallest absolute Gasteiger partial charge is 0.226 e. The first-order chi connectivity index (χ1) is 13.3. The fourth-order valence-corrected chi connectivity index (χ4v) is 3.07. The van der Waals surface area contributed by atoms with Gasteiger partial charge in [-0.1, -0.05) is 66.7 Å². The molecule has 0 aliphatic carbocycles.